The van der Waals surface area contributed by atoms with Gasteiger partial charge in [-0.3, -0.25) is 0 Å². The van der Waals surface area contributed by atoms with E-state index in [0.717, 1.165) is 24.1 Å². The molecule has 1 aliphatic carbocycles. The lowest BCUT2D eigenvalue weighted by Crippen LogP contribution is -2.49. The summed E-state index contributed by atoms with van der Waals surface area (Å²) in [5.74, 6) is 0. The number of rotatable bonds is 7. The highest BCUT2D eigenvalue weighted by molar-refractivity contribution is 7.90. The predicted molar refractivity (Wildman–Crippen MR) is 137 cm³/mol. The zero-order valence-electron chi connectivity index (χ0n) is 20.0. The quantitative estimate of drug-likeness (QED) is 0.398. The van der Waals surface area contributed by atoms with Crippen LogP contribution in [0.15, 0.2) is 30.3 Å². The van der Waals surface area contributed by atoms with Crippen LogP contribution in [0.25, 0.3) is 22.4 Å². The van der Waals surface area contributed by atoms with Crippen molar-refractivity contribution in [3.05, 3.63) is 35.4 Å². The fourth-order valence-corrected chi connectivity index (χ4v) is 6.91. The Morgan fingerprint density at radius 2 is 1.86 bits per heavy atom. The van der Waals surface area contributed by atoms with Gasteiger partial charge in [-0.25, -0.2) is 13.4 Å². The molecule has 3 atom stereocenters. The Labute approximate surface area is 219 Å². The maximum atomic E-state index is 12.5. The fourth-order valence-electron chi connectivity index (χ4n) is 4.82. The first-order valence-electron chi connectivity index (χ1n) is 12.3. The molecule has 0 amide bonds. The fraction of sp³-hybridized carbons (Fsp3) is 0.500. The van der Waals surface area contributed by atoms with Crippen LogP contribution in [0.3, 0.4) is 0 Å². The van der Waals surface area contributed by atoms with Gasteiger partial charge in [0.1, 0.15) is 12.2 Å². The molecular formula is C24H28ClN5O6S. The third-order valence-electron chi connectivity index (χ3n) is 7.13. The first kappa shape index (κ1) is 24.8. The van der Waals surface area contributed by atoms with Crippen molar-refractivity contribution < 1.29 is 28.1 Å². The Balaban J connectivity index is 1.15. The summed E-state index contributed by atoms with van der Waals surface area (Å²) in [7, 11) is -3.13. The highest BCUT2D eigenvalue weighted by Crippen LogP contribution is 2.33. The molecule has 0 bridgehead atoms. The number of aliphatic hydroxyl groups is 2. The van der Waals surface area contributed by atoms with Gasteiger partial charge >= 0.3 is 0 Å². The van der Waals surface area contributed by atoms with Gasteiger partial charge in [0.05, 0.1) is 34.7 Å². The van der Waals surface area contributed by atoms with Crippen LogP contribution in [0.2, 0.25) is 5.02 Å². The number of sulfonamides is 1. The van der Waals surface area contributed by atoms with Crippen LogP contribution in [0.4, 0.5) is 5.69 Å². The van der Waals surface area contributed by atoms with Crippen molar-refractivity contribution in [2.45, 2.75) is 36.4 Å². The SMILES string of the molecule is O=S(=O)(C1CC1)N1CCN(c2ccc(-c3nc4nc(O[C@@H]5CO[C@H](CO)[C@H]5O)[nH]c4cc3Cl)cc2)CC1. The van der Waals surface area contributed by atoms with Crippen LogP contribution in [0.5, 0.6) is 6.01 Å². The maximum absolute atomic E-state index is 12.5. The van der Waals surface area contributed by atoms with Crippen LogP contribution in [-0.2, 0) is 14.8 Å². The molecule has 2 aromatic heterocycles. The number of H-pyrrole nitrogens is 1. The summed E-state index contributed by atoms with van der Waals surface area (Å²) < 4.78 is 37.7. The number of benzene rings is 1. The third kappa shape index (κ3) is 4.77. The lowest BCUT2D eigenvalue weighted by Gasteiger charge is -2.35. The number of hydrogen-bond donors (Lipinski definition) is 3. The first-order chi connectivity index (χ1) is 17.8. The second-order valence-electron chi connectivity index (χ2n) is 9.61. The number of halogens is 1. The Kier molecular flexibility index (Phi) is 6.50. The molecule has 2 saturated heterocycles. The summed E-state index contributed by atoms with van der Waals surface area (Å²) in [5.41, 5.74) is 3.41. The number of imidazole rings is 1. The van der Waals surface area contributed by atoms with Gasteiger partial charge in [-0.05, 0) is 31.0 Å². The minimum atomic E-state index is -3.13. The molecule has 6 rings (SSSR count). The summed E-state index contributed by atoms with van der Waals surface area (Å²) in [5, 5.41) is 19.7. The summed E-state index contributed by atoms with van der Waals surface area (Å²) in [6, 6.07) is 9.76. The third-order valence-corrected chi connectivity index (χ3v) is 9.82. The average molecular weight is 550 g/mol. The molecule has 0 spiro atoms. The summed E-state index contributed by atoms with van der Waals surface area (Å²) in [6.07, 6.45) is -0.743. The van der Waals surface area contributed by atoms with Crippen molar-refractivity contribution in [1.82, 2.24) is 19.3 Å². The molecule has 13 heteroatoms. The number of pyridine rings is 1. The van der Waals surface area contributed by atoms with E-state index in [0.29, 0.717) is 48.1 Å². The normalized spacial score (nSPS) is 25.2. The number of piperazine rings is 1. The van der Waals surface area contributed by atoms with Gasteiger partial charge in [-0.1, -0.05) is 23.7 Å². The van der Waals surface area contributed by atoms with E-state index in [9.17, 15) is 18.6 Å². The number of nitrogens with one attached hydrogen (secondary N) is 1. The molecule has 2 aliphatic heterocycles. The van der Waals surface area contributed by atoms with Gasteiger partial charge in [0.2, 0.25) is 10.0 Å². The van der Waals surface area contributed by atoms with E-state index >= 15 is 0 Å². The van der Waals surface area contributed by atoms with Gasteiger partial charge in [-0.2, -0.15) is 9.29 Å². The molecule has 0 unspecified atom stereocenters. The molecule has 3 N–H and O–H groups in total. The van der Waals surface area contributed by atoms with E-state index in [1.54, 1.807) is 10.4 Å². The Morgan fingerprint density at radius 1 is 1.14 bits per heavy atom. The number of aliphatic hydroxyl groups excluding tert-OH is 2. The van der Waals surface area contributed by atoms with Crippen molar-refractivity contribution in [2.75, 3.05) is 44.3 Å². The van der Waals surface area contributed by atoms with E-state index in [1.165, 1.54) is 0 Å². The van der Waals surface area contributed by atoms with Crippen molar-refractivity contribution in [3.63, 3.8) is 0 Å². The van der Waals surface area contributed by atoms with Crippen molar-refractivity contribution >= 4 is 38.5 Å². The predicted octanol–water partition coefficient (Wildman–Crippen LogP) is 1.39. The van der Waals surface area contributed by atoms with Crippen LogP contribution < -0.4 is 9.64 Å². The minimum Gasteiger partial charge on any atom is -0.456 e. The molecule has 3 aliphatic rings. The summed E-state index contributed by atoms with van der Waals surface area (Å²) >= 11 is 6.54. The number of aromatic amines is 1. The largest absolute Gasteiger partial charge is 0.456 e. The number of anilines is 1. The highest BCUT2D eigenvalue weighted by Gasteiger charge is 2.41. The zero-order chi connectivity index (χ0) is 25.7. The molecule has 198 valence electrons. The Hall–Kier alpha value is -2.48. The first-order valence-corrected chi connectivity index (χ1v) is 14.2. The molecule has 1 saturated carbocycles. The molecule has 37 heavy (non-hydrogen) atoms. The topological polar surface area (TPSA) is 141 Å². The Morgan fingerprint density at radius 3 is 2.51 bits per heavy atom. The van der Waals surface area contributed by atoms with Crippen molar-refractivity contribution in [2.24, 2.45) is 0 Å². The van der Waals surface area contributed by atoms with E-state index < -0.39 is 28.3 Å². The van der Waals surface area contributed by atoms with Crippen molar-refractivity contribution in [3.8, 4) is 17.3 Å². The lowest BCUT2D eigenvalue weighted by molar-refractivity contribution is -0.00390. The number of fused-ring (bicyclic) bond motifs is 1. The zero-order valence-corrected chi connectivity index (χ0v) is 21.5. The smallest absolute Gasteiger partial charge is 0.296 e. The molecule has 3 aromatic rings. The van der Waals surface area contributed by atoms with Crippen LogP contribution in [0.1, 0.15) is 12.8 Å². The van der Waals surface area contributed by atoms with E-state index in [1.807, 2.05) is 24.3 Å². The number of ether oxygens (including phenoxy) is 2. The van der Waals surface area contributed by atoms with E-state index in [4.69, 9.17) is 21.1 Å². The molecule has 3 fully saturated rings. The van der Waals surface area contributed by atoms with Crippen LogP contribution in [-0.4, -0.2) is 101 Å². The second kappa shape index (κ2) is 9.68. The second-order valence-corrected chi connectivity index (χ2v) is 12.2. The van der Waals surface area contributed by atoms with Gasteiger partial charge in [0, 0.05) is 37.4 Å². The number of nitrogens with zero attached hydrogens (tertiary/aromatic N) is 4. The maximum Gasteiger partial charge on any atom is 0.296 e. The van der Waals surface area contributed by atoms with Gasteiger partial charge in [0.15, 0.2) is 11.8 Å². The molecule has 1 aromatic carbocycles. The monoisotopic (exact) mass is 549 g/mol. The number of aromatic nitrogens is 3. The Bertz CT molecular complexity index is 1390. The molecular weight excluding hydrogens is 522 g/mol. The lowest BCUT2D eigenvalue weighted by atomic mass is 10.1. The number of hydrogen-bond acceptors (Lipinski definition) is 9. The van der Waals surface area contributed by atoms with Gasteiger partial charge in [-0.15, -0.1) is 0 Å². The van der Waals surface area contributed by atoms with Crippen LogP contribution in [0, 0.1) is 0 Å². The van der Waals surface area contributed by atoms with E-state index in [-0.39, 0.29) is 24.5 Å². The van der Waals surface area contributed by atoms with E-state index in [2.05, 4.69) is 19.9 Å². The standard InChI is InChI=1S/C24H28ClN5O6S/c25-17-11-18-23(28-24(26-18)36-20-13-35-19(12-31)22(20)32)27-21(17)14-1-3-15(4-2-14)29-7-9-30(10-8-29)37(33,34)16-5-6-16/h1-4,11,16,19-20,22,31-32H,5-10,12-13H2,(H,26,27,28)/t19-,20-,22-/m1/s1. The minimum absolute atomic E-state index is 0.139. The molecule has 11 nitrogen and oxygen atoms in total. The molecule has 4 heterocycles. The van der Waals surface area contributed by atoms with Crippen molar-refractivity contribution in [1.29, 1.82) is 0 Å². The highest BCUT2D eigenvalue weighted by atomic mass is 35.5. The van der Waals surface area contributed by atoms with Gasteiger partial charge < -0.3 is 29.6 Å². The average Bonchev–Trinajstić information content (AvgIpc) is 3.62. The molecule has 0 radical (unpaired) electrons. The van der Waals surface area contributed by atoms with Crippen LogP contribution >= 0.6 is 11.6 Å². The summed E-state index contributed by atoms with van der Waals surface area (Å²) in [6.45, 7) is 2.13. The summed E-state index contributed by atoms with van der Waals surface area (Å²) in [4.78, 5) is 14.2. The van der Waals surface area contributed by atoms with Gasteiger partial charge in [0.25, 0.3) is 6.01 Å².